The van der Waals surface area contributed by atoms with Crippen molar-refractivity contribution < 1.29 is 4.52 Å². The van der Waals surface area contributed by atoms with Crippen molar-refractivity contribution in [3.05, 3.63) is 42.4 Å². The number of benzene rings is 1. The predicted molar refractivity (Wildman–Crippen MR) is 77.3 cm³/mol. The number of fused-ring (bicyclic) bond motifs is 1. The first-order valence-electron chi connectivity index (χ1n) is 6.62. The van der Waals surface area contributed by atoms with Crippen LogP contribution in [0.15, 0.2) is 41.1 Å². The van der Waals surface area contributed by atoms with Crippen LogP contribution in [-0.4, -0.2) is 28.2 Å². The van der Waals surface area contributed by atoms with Gasteiger partial charge >= 0.3 is 0 Å². The van der Waals surface area contributed by atoms with Gasteiger partial charge in [0.15, 0.2) is 5.82 Å². The van der Waals surface area contributed by atoms with Crippen LogP contribution in [0.5, 0.6) is 0 Å². The molecular formula is C15H16N4O. The normalized spacial score (nSPS) is 12.7. The lowest BCUT2D eigenvalue weighted by Gasteiger charge is -2.04. The number of hydrogen-bond donors (Lipinski definition) is 1. The van der Waals surface area contributed by atoms with Crippen LogP contribution in [0.25, 0.3) is 22.4 Å². The first kappa shape index (κ1) is 12.7. The fourth-order valence-corrected chi connectivity index (χ4v) is 2.10. The summed E-state index contributed by atoms with van der Waals surface area (Å²) in [6.07, 6.45) is 2.50. The fourth-order valence-electron chi connectivity index (χ4n) is 2.10. The summed E-state index contributed by atoms with van der Waals surface area (Å²) in [4.78, 5) is 8.81. The van der Waals surface area contributed by atoms with E-state index in [0.717, 1.165) is 22.9 Å². The molecule has 0 saturated carbocycles. The van der Waals surface area contributed by atoms with E-state index in [9.17, 15) is 0 Å². The van der Waals surface area contributed by atoms with Crippen molar-refractivity contribution in [1.82, 2.24) is 20.4 Å². The minimum atomic E-state index is 0.314. The Bertz CT molecular complexity index is 717. The SMILES string of the molecule is CNC(C)Cc1noc(-c2ccnc3ccccc23)n1. The fraction of sp³-hybridized carbons (Fsp3) is 0.267. The zero-order chi connectivity index (χ0) is 13.9. The van der Waals surface area contributed by atoms with Crippen LogP contribution in [0, 0.1) is 0 Å². The van der Waals surface area contributed by atoms with Gasteiger partial charge in [0.2, 0.25) is 0 Å². The molecule has 0 radical (unpaired) electrons. The molecule has 3 rings (SSSR count). The lowest BCUT2D eigenvalue weighted by Crippen LogP contribution is -2.24. The molecule has 0 aliphatic rings. The third-order valence-corrected chi connectivity index (χ3v) is 3.33. The topological polar surface area (TPSA) is 63.8 Å². The monoisotopic (exact) mass is 268 g/mol. The molecule has 2 heterocycles. The molecule has 5 nitrogen and oxygen atoms in total. The molecule has 0 amide bonds. The van der Waals surface area contributed by atoms with E-state index in [2.05, 4.69) is 27.4 Å². The molecule has 0 bridgehead atoms. The smallest absolute Gasteiger partial charge is 0.258 e. The van der Waals surface area contributed by atoms with E-state index in [1.54, 1.807) is 6.20 Å². The van der Waals surface area contributed by atoms with Crippen molar-refractivity contribution in [3.8, 4) is 11.5 Å². The predicted octanol–water partition coefficient (Wildman–Crippen LogP) is 2.44. The van der Waals surface area contributed by atoms with Crippen LogP contribution in [0.4, 0.5) is 0 Å². The van der Waals surface area contributed by atoms with Crippen molar-refractivity contribution in [3.63, 3.8) is 0 Å². The van der Waals surface area contributed by atoms with E-state index >= 15 is 0 Å². The number of pyridine rings is 1. The molecule has 0 aliphatic heterocycles. The Labute approximate surface area is 117 Å². The van der Waals surface area contributed by atoms with Gasteiger partial charge in [-0.25, -0.2) is 0 Å². The Kier molecular flexibility index (Phi) is 3.43. The standard InChI is InChI=1S/C15H16N4O/c1-10(16-2)9-14-18-15(20-19-14)12-7-8-17-13-6-4-3-5-11(12)13/h3-8,10,16H,9H2,1-2H3. The number of aromatic nitrogens is 3. The average molecular weight is 268 g/mol. The molecule has 1 N–H and O–H groups in total. The Balaban J connectivity index is 1.99. The van der Waals surface area contributed by atoms with Gasteiger partial charge in [0.1, 0.15) is 0 Å². The van der Waals surface area contributed by atoms with Gasteiger partial charge in [0.25, 0.3) is 5.89 Å². The third-order valence-electron chi connectivity index (χ3n) is 3.33. The average Bonchev–Trinajstić information content (AvgIpc) is 2.94. The van der Waals surface area contributed by atoms with Gasteiger partial charge in [0.05, 0.1) is 11.1 Å². The van der Waals surface area contributed by atoms with E-state index in [1.807, 2.05) is 37.4 Å². The second kappa shape index (κ2) is 5.38. The van der Waals surface area contributed by atoms with Gasteiger partial charge in [-0.2, -0.15) is 4.98 Å². The number of likely N-dealkylation sites (N-methyl/N-ethyl adjacent to an activating group) is 1. The second-order valence-electron chi connectivity index (χ2n) is 4.79. The van der Waals surface area contributed by atoms with Gasteiger partial charge in [-0.15, -0.1) is 0 Å². The van der Waals surface area contributed by atoms with Gasteiger partial charge in [-0.05, 0) is 26.1 Å². The number of nitrogens with zero attached hydrogens (tertiary/aromatic N) is 3. The highest BCUT2D eigenvalue weighted by atomic mass is 16.5. The van der Waals surface area contributed by atoms with E-state index < -0.39 is 0 Å². The Hall–Kier alpha value is -2.27. The highest BCUT2D eigenvalue weighted by molar-refractivity contribution is 5.91. The third kappa shape index (κ3) is 2.40. The Morgan fingerprint density at radius 2 is 2.10 bits per heavy atom. The Morgan fingerprint density at radius 3 is 2.95 bits per heavy atom. The van der Waals surface area contributed by atoms with Gasteiger partial charge < -0.3 is 9.84 Å². The van der Waals surface area contributed by atoms with Crippen LogP contribution in [0.3, 0.4) is 0 Å². The maximum atomic E-state index is 5.39. The summed E-state index contributed by atoms with van der Waals surface area (Å²) in [7, 11) is 1.92. The van der Waals surface area contributed by atoms with Crippen molar-refractivity contribution >= 4 is 10.9 Å². The first-order valence-corrected chi connectivity index (χ1v) is 6.62. The molecule has 1 atom stereocenters. The molecule has 0 aliphatic carbocycles. The van der Waals surface area contributed by atoms with E-state index in [1.165, 1.54) is 0 Å². The summed E-state index contributed by atoms with van der Waals surface area (Å²) >= 11 is 0. The van der Waals surface area contributed by atoms with Gasteiger partial charge in [-0.3, -0.25) is 4.98 Å². The van der Waals surface area contributed by atoms with Crippen molar-refractivity contribution in [2.45, 2.75) is 19.4 Å². The van der Waals surface area contributed by atoms with E-state index in [-0.39, 0.29) is 0 Å². The van der Waals surface area contributed by atoms with E-state index in [4.69, 9.17) is 4.52 Å². The summed E-state index contributed by atoms with van der Waals surface area (Å²) < 4.78 is 5.39. The summed E-state index contributed by atoms with van der Waals surface area (Å²) in [5.74, 6) is 1.25. The molecule has 2 aromatic heterocycles. The zero-order valence-corrected chi connectivity index (χ0v) is 11.5. The van der Waals surface area contributed by atoms with Crippen LogP contribution in [0.2, 0.25) is 0 Å². The minimum absolute atomic E-state index is 0.314. The molecule has 3 aromatic rings. The molecule has 20 heavy (non-hydrogen) atoms. The maximum absolute atomic E-state index is 5.39. The summed E-state index contributed by atoms with van der Waals surface area (Å²) in [6, 6.07) is 10.1. The number of nitrogens with one attached hydrogen (secondary N) is 1. The Morgan fingerprint density at radius 1 is 1.25 bits per heavy atom. The highest BCUT2D eigenvalue weighted by Gasteiger charge is 2.13. The molecule has 0 fully saturated rings. The first-order chi connectivity index (χ1) is 9.78. The van der Waals surface area contributed by atoms with Crippen molar-refractivity contribution in [2.75, 3.05) is 7.05 Å². The lowest BCUT2D eigenvalue weighted by atomic mass is 10.1. The van der Waals surface area contributed by atoms with E-state index in [0.29, 0.717) is 17.8 Å². The van der Waals surface area contributed by atoms with Gasteiger partial charge in [-0.1, -0.05) is 23.4 Å². The van der Waals surface area contributed by atoms with Crippen LogP contribution < -0.4 is 5.32 Å². The van der Waals surface area contributed by atoms with Crippen LogP contribution in [0.1, 0.15) is 12.7 Å². The van der Waals surface area contributed by atoms with Gasteiger partial charge in [0, 0.05) is 24.0 Å². The summed E-state index contributed by atoms with van der Waals surface area (Å²) in [6.45, 7) is 2.08. The lowest BCUT2D eigenvalue weighted by molar-refractivity contribution is 0.418. The maximum Gasteiger partial charge on any atom is 0.258 e. The second-order valence-corrected chi connectivity index (χ2v) is 4.79. The summed E-state index contributed by atoms with van der Waals surface area (Å²) in [5, 5.41) is 8.22. The van der Waals surface area contributed by atoms with Crippen LogP contribution in [-0.2, 0) is 6.42 Å². The molecule has 5 heteroatoms. The number of para-hydroxylation sites is 1. The highest BCUT2D eigenvalue weighted by Crippen LogP contribution is 2.25. The molecule has 0 spiro atoms. The van der Waals surface area contributed by atoms with Crippen LogP contribution >= 0.6 is 0 Å². The quantitative estimate of drug-likeness (QED) is 0.787. The van der Waals surface area contributed by atoms with Crippen molar-refractivity contribution in [2.24, 2.45) is 0 Å². The molecule has 1 aromatic carbocycles. The van der Waals surface area contributed by atoms with Crippen molar-refractivity contribution in [1.29, 1.82) is 0 Å². The molecular weight excluding hydrogens is 252 g/mol. The molecule has 1 unspecified atom stereocenters. The number of rotatable bonds is 4. The minimum Gasteiger partial charge on any atom is -0.334 e. The number of hydrogen-bond acceptors (Lipinski definition) is 5. The molecule has 102 valence electrons. The molecule has 0 saturated heterocycles. The largest absolute Gasteiger partial charge is 0.334 e. The summed E-state index contributed by atoms with van der Waals surface area (Å²) in [5.41, 5.74) is 1.85. The zero-order valence-electron chi connectivity index (χ0n) is 11.5.